The first-order chi connectivity index (χ1) is 12.3. The zero-order valence-corrected chi connectivity index (χ0v) is 14.7. The highest BCUT2D eigenvalue weighted by atomic mass is 35.5. The zero-order chi connectivity index (χ0) is 18.8. The Morgan fingerprint density at radius 1 is 1.38 bits per heavy atom. The van der Waals surface area contributed by atoms with Crippen LogP contribution in [-0.2, 0) is 6.54 Å². The third-order valence-corrected chi connectivity index (χ3v) is 3.91. The molecule has 3 rings (SSSR count). The lowest BCUT2D eigenvalue weighted by Crippen LogP contribution is -2.25. The van der Waals surface area contributed by atoms with E-state index in [1.165, 1.54) is 18.3 Å². The van der Waals surface area contributed by atoms with Crippen molar-refractivity contribution in [2.75, 3.05) is 0 Å². The summed E-state index contributed by atoms with van der Waals surface area (Å²) in [6.45, 7) is 3.93. The predicted octanol–water partition coefficient (Wildman–Crippen LogP) is 2.97. The number of carbonyl (C=O) groups excluding carboxylic acids is 1. The number of fused-ring (bicyclic) bond motifs is 1. The van der Waals surface area contributed by atoms with Crippen molar-refractivity contribution < 1.29 is 9.72 Å². The van der Waals surface area contributed by atoms with Crippen molar-refractivity contribution in [2.45, 2.75) is 26.3 Å². The lowest BCUT2D eigenvalue weighted by Gasteiger charge is -2.08. The van der Waals surface area contributed by atoms with E-state index in [2.05, 4.69) is 25.3 Å². The Labute approximate surface area is 153 Å². The summed E-state index contributed by atoms with van der Waals surface area (Å²) in [7, 11) is 0. The Balaban J connectivity index is 1.76. The molecule has 0 saturated heterocycles. The Hall–Kier alpha value is -3.07. The van der Waals surface area contributed by atoms with Gasteiger partial charge >= 0.3 is 0 Å². The van der Waals surface area contributed by atoms with Crippen molar-refractivity contribution in [1.29, 1.82) is 0 Å². The summed E-state index contributed by atoms with van der Waals surface area (Å²) in [5, 5.41) is 13.7. The molecule has 0 bridgehead atoms. The molecule has 2 heterocycles. The quantitative estimate of drug-likeness (QED) is 0.522. The summed E-state index contributed by atoms with van der Waals surface area (Å²) in [5.41, 5.74) is 1.15. The average Bonchev–Trinajstić information content (AvgIpc) is 3.01. The lowest BCUT2D eigenvalue weighted by molar-refractivity contribution is -0.384. The Bertz CT molecular complexity index is 1000. The molecule has 0 spiro atoms. The summed E-state index contributed by atoms with van der Waals surface area (Å²) in [5.74, 6) is 0.592. The maximum absolute atomic E-state index is 12.4. The molecule has 3 aromatic rings. The lowest BCUT2D eigenvalue weighted by atomic mass is 10.2. The van der Waals surface area contributed by atoms with Gasteiger partial charge < -0.3 is 10.3 Å². The summed E-state index contributed by atoms with van der Waals surface area (Å²) in [4.78, 5) is 38.2. The van der Waals surface area contributed by atoms with Crippen molar-refractivity contribution >= 4 is 34.2 Å². The fraction of sp³-hybridized carbons (Fsp3) is 0.250. The molecule has 0 unspecified atom stereocenters. The monoisotopic (exact) mass is 374 g/mol. The number of aromatic amines is 1. The number of nitrogens with zero attached hydrogens (tertiary/aromatic N) is 4. The number of halogens is 1. The molecule has 0 aliphatic rings. The number of non-ortho nitro benzene ring substituents is 1. The van der Waals surface area contributed by atoms with Gasteiger partial charge in [-0.05, 0) is 6.07 Å². The van der Waals surface area contributed by atoms with Gasteiger partial charge in [0, 0.05) is 18.1 Å². The first-order valence-electron chi connectivity index (χ1n) is 7.79. The van der Waals surface area contributed by atoms with Crippen LogP contribution in [0.2, 0.25) is 5.02 Å². The fourth-order valence-electron chi connectivity index (χ4n) is 2.31. The fourth-order valence-corrected chi connectivity index (χ4v) is 2.49. The van der Waals surface area contributed by atoms with E-state index in [1.54, 1.807) is 6.07 Å². The Morgan fingerprint density at radius 2 is 2.15 bits per heavy atom. The minimum Gasteiger partial charge on any atom is -0.343 e. The van der Waals surface area contributed by atoms with Crippen LogP contribution in [0.15, 0.2) is 24.4 Å². The smallest absolute Gasteiger partial charge is 0.271 e. The highest BCUT2D eigenvalue weighted by Gasteiger charge is 2.16. The van der Waals surface area contributed by atoms with Gasteiger partial charge in [0.15, 0.2) is 0 Å². The van der Waals surface area contributed by atoms with Gasteiger partial charge in [0.05, 0.1) is 33.7 Å². The van der Waals surface area contributed by atoms with E-state index < -0.39 is 10.8 Å². The number of aromatic nitrogens is 4. The number of nitro groups is 1. The molecule has 1 amide bonds. The van der Waals surface area contributed by atoms with E-state index in [9.17, 15) is 14.9 Å². The largest absolute Gasteiger partial charge is 0.343 e. The van der Waals surface area contributed by atoms with Crippen LogP contribution >= 0.6 is 11.6 Å². The van der Waals surface area contributed by atoms with Crippen LogP contribution in [0, 0.1) is 10.1 Å². The predicted molar refractivity (Wildman–Crippen MR) is 95.0 cm³/mol. The Kier molecular flexibility index (Phi) is 4.81. The van der Waals surface area contributed by atoms with Gasteiger partial charge in [-0.1, -0.05) is 25.4 Å². The van der Waals surface area contributed by atoms with Gasteiger partial charge in [0.2, 0.25) is 0 Å². The van der Waals surface area contributed by atoms with Crippen LogP contribution in [0.4, 0.5) is 5.69 Å². The van der Waals surface area contributed by atoms with Crippen molar-refractivity contribution in [3.05, 3.63) is 56.9 Å². The molecular formula is C16H15ClN6O3. The average molecular weight is 375 g/mol. The maximum atomic E-state index is 12.4. The summed E-state index contributed by atoms with van der Waals surface area (Å²) in [6, 6.07) is 4.31. The van der Waals surface area contributed by atoms with Crippen LogP contribution in [0.3, 0.4) is 0 Å². The number of nitro benzene ring substituents is 1. The number of amides is 1. The number of imidazole rings is 1. The van der Waals surface area contributed by atoms with Crippen LogP contribution in [-0.4, -0.2) is 30.8 Å². The number of carbonyl (C=O) groups is 1. The maximum Gasteiger partial charge on any atom is 0.271 e. The van der Waals surface area contributed by atoms with Crippen LogP contribution in [0.1, 0.15) is 41.9 Å². The summed E-state index contributed by atoms with van der Waals surface area (Å²) >= 11 is 6.02. The third kappa shape index (κ3) is 3.62. The van der Waals surface area contributed by atoms with Crippen LogP contribution in [0.5, 0.6) is 0 Å². The van der Waals surface area contributed by atoms with Crippen molar-refractivity contribution in [2.24, 2.45) is 0 Å². The van der Waals surface area contributed by atoms with Crippen LogP contribution in [0.25, 0.3) is 11.0 Å². The molecule has 26 heavy (non-hydrogen) atoms. The van der Waals surface area contributed by atoms with E-state index >= 15 is 0 Å². The van der Waals surface area contributed by atoms with E-state index in [0.717, 1.165) is 0 Å². The molecule has 0 fully saturated rings. The molecule has 2 N–H and O–H groups in total. The van der Waals surface area contributed by atoms with Gasteiger partial charge in [-0.2, -0.15) is 0 Å². The Morgan fingerprint density at radius 3 is 2.85 bits per heavy atom. The molecule has 2 aromatic heterocycles. The SMILES string of the molecule is CC(C)c1ncc(Cl)c(C(=O)NCc2nc3ccc([N+](=O)[O-])cc3[nH]2)n1. The number of hydrogen-bond acceptors (Lipinski definition) is 6. The van der Waals surface area contributed by atoms with E-state index in [-0.39, 0.29) is 28.9 Å². The topological polar surface area (TPSA) is 127 Å². The minimum absolute atomic E-state index is 0.0364. The molecule has 1 aromatic carbocycles. The molecule has 9 nitrogen and oxygen atoms in total. The summed E-state index contributed by atoms with van der Waals surface area (Å²) < 4.78 is 0. The number of benzene rings is 1. The third-order valence-electron chi connectivity index (χ3n) is 3.64. The molecule has 0 aliphatic carbocycles. The second-order valence-corrected chi connectivity index (χ2v) is 6.31. The van der Waals surface area contributed by atoms with Crippen LogP contribution < -0.4 is 5.32 Å². The number of nitrogens with one attached hydrogen (secondary N) is 2. The highest BCUT2D eigenvalue weighted by Crippen LogP contribution is 2.19. The molecule has 0 aliphatic heterocycles. The zero-order valence-electron chi connectivity index (χ0n) is 14.0. The number of hydrogen-bond donors (Lipinski definition) is 2. The molecule has 0 saturated carbocycles. The van der Waals surface area contributed by atoms with Crippen molar-refractivity contribution in [3.63, 3.8) is 0 Å². The molecule has 0 atom stereocenters. The molecule has 134 valence electrons. The van der Waals surface area contributed by atoms with Gasteiger partial charge in [0.1, 0.15) is 17.3 Å². The molecular weight excluding hydrogens is 360 g/mol. The normalized spacial score (nSPS) is 11.1. The van der Waals surface area contributed by atoms with Gasteiger partial charge in [-0.3, -0.25) is 14.9 Å². The second-order valence-electron chi connectivity index (χ2n) is 5.90. The number of rotatable bonds is 5. The summed E-state index contributed by atoms with van der Waals surface area (Å²) in [6.07, 6.45) is 1.40. The second kappa shape index (κ2) is 7.04. The van der Waals surface area contributed by atoms with Gasteiger partial charge in [-0.15, -0.1) is 0 Å². The number of H-pyrrole nitrogens is 1. The van der Waals surface area contributed by atoms with Crippen molar-refractivity contribution in [3.8, 4) is 0 Å². The molecule has 10 heteroatoms. The van der Waals surface area contributed by atoms with Crippen molar-refractivity contribution in [1.82, 2.24) is 25.3 Å². The molecule has 0 radical (unpaired) electrons. The van der Waals surface area contributed by atoms with Gasteiger partial charge in [-0.25, -0.2) is 15.0 Å². The van der Waals surface area contributed by atoms with E-state index in [0.29, 0.717) is 22.7 Å². The first kappa shape index (κ1) is 17.7. The highest BCUT2D eigenvalue weighted by molar-refractivity contribution is 6.33. The standard InChI is InChI=1S/C16H15ClN6O3/c1-8(2)15-18-6-10(17)14(22-15)16(24)19-7-13-20-11-4-3-9(23(25)26)5-12(11)21-13/h3-6,8H,7H2,1-2H3,(H,19,24)(H,20,21). The van der Waals surface area contributed by atoms with Gasteiger partial charge in [0.25, 0.3) is 11.6 Å². The van der Waals surface area contributed by atoms with E-state index in [1.807, 2.05) is 13.8 Å². The first-order valence-corrected chi connectivity index (χ1v) is 8.16. The van der Waals surface area contributed by atoms with E-state index in [4.69, 9.17) is 11.6 Å². The minimum atomic E-state index is -0.481.